The normalized spacial score (nSPS) is 23.6. The van der Waals surface area contributed by atoms with Crippen molar-refractivity contribution in [3.8, 4) is 0 Å². The van der Waals surface area contributed by atoms with Gasteiger partial charge < -0.3 is 10.6 Å². The number of sulfone groups is 1. The molecule has 7 heteroatoms. The molecule has 0 aliphatic carbocycles. The third-order valence-electron chi connectivity index (χ3n) is 2.79. The van der Waals surface area contributed by atoms with Gasteiger partial charge in [0.2, 0.25) is 0 Å². The van der Waals surface area contributed by atoms with Crippen LogP contribution in [0.2, 0.25) is 5.02 Å². The molecule has 1 aromatic rings. The van der Waals surface area contributed by atoms with Crippen LogP contribution in [0.4, 0.5) is 11.5 Å². The van der Waals surface area contributed by atoms with Gasteiger partial charge in [-0.25, -0.2) is 13.4 Å². The molecule has 0 saturated carbocycles. The molecule has 94 valence electrons. The molecule has 0 spiro atoms. The first-order valence-electron chi connectivity index (χ1n) is 5.27. The van der Waals surface area contributed by atoms with Crippen molar-refractivity contribution in [3.05, 3.63) is 17.3 Å². The van der Waals surface area contributed by atoms with Gasteiger partial charge in [0.15, 0.2) is 9.84 Å². The van der Waals surface area contributed by atoms with E-state index in [0.29, 0.717) is 23.1 Å². The van der Waals surface area contributed by atoms with E-state index >= 15 is 0 Å². The molecule has 17 heavy (non-hydrogen) atoms. The fraction of sp³-hybridized carbons (Fsp3) is 0.500. The predicted octanol–water partition coefficient (Wildman–Crippen LogP) is 0.940. The zero-order chi connectivity index (χ0) is 12.6. The number of nitrogens with two attached hydrogens (primary N) is 1. The number of nitrogens with zero attached hydrogens (tertiary/aromatic N) is 2. The summed E-state index contributed by atoms with van der Waals surface area (Å²) in [5.74, 6) is 0.873. The minimum atomic E-state index is -2.93. The monoisotopic (exact) mass is 275 g/mol. The highest BCUT2D eigenvalue weighted by Crippen LogP contribution is 2.28. The van der Waals surface area contributed by atoms with Crippen LogP contribution in [-0.2, 0) is 9.84 Å². The Labute approximate surface area is 105 Å². The molecule has 0 amide bonds. The molecule has 2 N–H and O–H groups in total. The van der Waals surface area contributed by atoms with Crippen LogP contribution in [0.5, 0.6) is 0 Å². The van der Waals surface area contributed by atoms with E-state index in [-0.39, 0.29) is 17.5 Å². The van der Waals surface area contributed by atoms with Gasteiger partial charge in [0.05, 0.1) is 28.4 Å². The summed E-state index contributed by atoms with van der Waals surface area (Å²) in [6.45, 7) is 2.27. The molecule has 2 rings (SSSR count). The molecule has 1 atom stereocenters. The van der Waals surface area contributed by atoms with E-state index in [2.05, 4.69) is 4.98 Å². The lowest BCUT2D eigenvalue weighted by atomic mass is 10.3. The summed E-state index contributed by atoms with van der Waals surface area (Å²) in [6.07, 6.45) is 1.52. The molecule has 2 heterocycles. The first-order valence-corrected chi connectivity index (χ1v) is 7.47. The van der Waals surface area contributed by atoms with Gasteiger partial charge in [-0.2, -0.15) is 0 Å². The van der Waals surface area contributed by atoms with Crippen molar-refractivity contribution < 1.29 is 8.42 Å². The summed E-state index contributed by atoms with van der Waals surface area (Å²) >= 11 is 6.07. The van der Waals surface area contributed by atoms with Gasteiger partial charge in [0.25, 0.3) is 0 Å². The van der Waals surface area contributed by atoms with Crippen LogP contribution in [0.15, 0.2) is 12.3 Å². The van der Waals surface area contributed by atoms with E-state index in [4.69, 9.17) is 17.3 Å². The highest BCUT2D eigenvalue weighted by molar-refractivity contribution is 7.91. The maximum absolute atomic E-state index is 11.5. The van der Waals surface area contributed by atoms with E-state index in [1.807, 2.05) is 11.8 Å². The second kappa shape index (κ2) is 4.34. The van der Waals surface area contributed by atoms with E-state index in [9.17, 15) is 8.42 Å². The fourth-order valence-corrected chi connectivity index (χ4v) is 3.81. The Bertz CT molecular complexity index is 532. The van der Waals surface area contributed by atoms with Crippen molar-refractivity contribution in [2.24, 2.45) is 0 Å². The van der Waals surface area contributed by atoms with Crippen molar-refractivity contribution in [3.63, 3.8) is 0 Å². The van der Waals surface area contributed by atoms with Gasteiger partial charge in [-0.15, -0.1) is 0 Å². The molecule has 1 aliphatic heterocycles. The van der Waals surface area contributed by atoms with Crippen molar-refractivity contribution in [2.45, 2.75) is 13.0 Å². The second-order valence-corrected chi connectivity index (χ2v) is 6.87. The Morgan fingerprint density at radius 2 is 2.29 bits per heavy atom. The average molecular weight is 276 g/mol. The molecule has 1 aromatic heterocycles. The molecule has 0 radical (unpaired) electrons. The second-order valence-electron chi connectivity index (χ2n) is 4.23. The van der Waals surface area contributed by atoms with Gasteiger partial charge in [-0.3, -0.25) is 0 Å². The van der Waals surface area contributed by atoms with E-state index in [0.717, 1.165) is 0 Å². The van der Waals surface area contributed by atoms with Gasteiger partial charge in [0.1, 0.15) is 5.82 Å². The van der Waals surface area contributed by atoms with Crippen LogP contribution >= 0.6 is 11.6 Å². The maximum atomic E-state index is 11.5. The predicted molar refractivity (Wildman–Crippen MR) is 69.1 cm³/mol. The molecular weight excluding hydrogens is 262 g/mol. The number of hydrogen-bond acceptors (Lipinski definition) is 5. The van der Waals surface area contributed by atoms with Crippen LogP contribution in [0.1, 0.15) is 6.92 Å². The summed E-state index contributed by atoms with van der Waals surface area (Å²) in [7, 11) is -2.93. The van der Waals surface area contributed by atoms with Crippen LogP contribution < -0.4 is 10.6 Å². The molecule has 0 bridgehead atoms. The minimum absolute atomic E-state index is 0.123. The number of anilines is 2. The van der Waals surface area contributed by atoms with Crippen molar-refractivity contribution in [1.82, 2.24) is 4.98 Å². The number of halogens is 1. The van der Waals surface area contributed by atoms with E-state index in [1.165, 1.54) is 6.20 Å². The Balaban J connectivity index is 2.29. The third kappa shape index (κ3) is 2.63. The maximum Gasteiger partial charge on any atom is 0.154 e. The molecule has 1 fully saturated rings. The van der Waals surface area contributed by atoms with Gasteiger partial charge in [-0.05, 0) is 13.0 Å². The Kier molecular flexibility index (Phi) is 3.18. The summed E-state index contributed by atoms with van der Waals surface area (Å²) in [5, 5.41) is 0.455. The lowest BCUT2D eigenvalue weighted by Crippen LogP contribution is -2.47. The number of pyridine rings is 1. The molecular formula is C10H14ClN3O2S. The van der Waals surface area contributed by atoms with Crippen molar-refractivity contribution >= 4 is 32.9 Å². The zero-order valence-corrected chi connectivity index (χ0v) is 11.0. The van der Waals surface area contributed by atoms with Gasteiger partial charge >= 0.3 is 0 Å². The standard InChI is InChI=1S/C10H14ClN3O2S/c1-7-6-17(15,16)3-2-14(7)10-9(11)4-8(12)5-13-10/h4-5,7H,2-3,6,12H2,1H3. The molecule has 5 nitrogen and oxygen atoms in total. The quantitative estimate of drug-likeness (QED) is 0.825. The lowest BCUT2D eigenvalue weighted by molar-refractivity contribution is 0.567. The molecule has 0 aromatic carbocycles. The number of nitrogen functional groups attached to an aromatic ring is 1. The van der Waals surface area contributed by atoms with Crippen LogP contribution in [0.25, 0.3) is 0 Å². The largest absolute Gasteiger partial charge is 0.397 e. The molecule has 1 saturated heterocycles. The van der Waals surface area contributed by atoms with Crippen LogP contribution in [0.3, 0.4) is 0 Å². The zero-order valence-electron chi connectivity index (χ0n) is 9.43. The Morgan fingerprint density at radius 1 is 1.59 bits per heavy atom. The van der Waals surface area contributed by atoms with Crippen LogP contribution in [0, 0.1) is 0 Å². The summed E-state index contributed by atoms with van der Waals surface area (Å²) in [6, 6.07) is 1.50. The fourth-order valence-electron chi connectivity index (χ4n) is 1.97. The van der Waals surface area contributed by atoms with Crippen molar-refractivity contribution in [2.75, 3.05) is 28.7 Å². The number of hydrogen-bond donors (Lipinski definition) is 1. The van der Waals surface area contributed by atoms with Gasteiger partial charge in [-0.1, -0.05) is 11.6 Å². The summed E-state index contributed by atoms with van der Waals surface area (Å²) < 4.78 is 23.0. The average Bonchev–Trinajstić information content (AvgIpc) is 2.18. The molecule has 1 aliphatic rings. The van der Waals surface area contributed by atoms with Gasteiger partial charge in [0, 0.05) is 12.6 Å². The first kappa shape index (κ1) is 12.4. The SMILES string of the molecule is CC1CS(=O)(=O)CCN1c1ncc(N)cc1Cl. The Morgan fingerprint density at radius 3 is 2.88 bits per heavy atom. The number of rotatable bonds is 1. The molecule has 1 unspecified atom stereocenters. The topological polar surface area (TPSA) is 76.3 Å². The highest BCUT2D eigenvalue weighted by Gasteiger charge is 2.29. The van der Waals surface area contributed by atoms with E-state index < -0.39 is 9.84 Å². The lowest BCUT2D eigenvalue weighted by Gasteiger charge is -2.34. The Hall–Kier alpha value is -1.01. The highest BCUT2D eigenvalue weighted by atomic mass is 35.5. The minimum Gasteiger partial charge on any atom is -0.397 e. The summed E-state index contributed by atoms with van der Waals surface area (Å²) in [4.78, 5) is 6.08. The number of aromatic nitrogens is 1. The third-order valence-corrected chi connectivity index (χ3v) is 4.86. The smallest absolute Gasteiger partial charge is 0.154 e. The summed E-state index contributed by atoms with van der Waals surface area (Å²) in [5.41, 5.74) is 6.07. The van der Waals surface area contributed by atoms with Crippen molar-refractivity contribution in [1.29, 1.82) is 0 Å². The first-order chi connectivity index (χ1) is 7.89. The van der Waals surface area contributed by atoms with Crippen LogP contribution in [-0.4, -0.2) is 37.5 Å². The van der Waals surface area contributed by atoms with E-state index in [1.54, 1.807) is 6.07 Å².